The van der Waals surface area contributed by atoms with E-state index < -0.39 is 0 Å². The first-order chi connectivity index (χ1) is 9.63. The maximum absolute atomic E-state index is 5.81. The third-order valence-corrected chi connectivity index (χ3v) is 4.90. The number of hydrogen-bond acceptors (Lipinski definition) is 3. The van der Waals surface area contributed by atoms with Gasteiger partial charge in [0.15, 0.2) is 0 Å². The van der Waals surface area contributed by atoms with Crippen molar-refractivity contribution < 1.29 is 0 Å². The third-order valence-electron chi connectivity index (χ3n) is 4.90. The van der Waals surface area contributed by atoms with Crippen molar-refractivity contribution in [3.8, 4) is 0 Å². The zero-order valence-corrected chi connectivity index (χ0v) is 13.2. The topological polar surface area (TPSA) is 55.9 Å². The van der Waals surface area contributed by atoms with E-state index in [0.717, 1.165) is 24.5 Å². The van der Waals surface area contributed by atoms with Crippen molar-refractivity contribution in [3.63, 3.8) is 0 Å². The van der Waals surface area contributed by atoms with Crippen LogP contribution in [0, 0.1) is 11.8 Å². The molecule has 0 amide bonds. The van der Waals surface area contributed by atoms with Crippen molar-refractivity contribution in [2.24, 2.45) is 17.7 Å². The van der Waals surface area contributed by atoms with Gasteiger partial charge in [0.1, 0.15) is 0 Å². The molecule has 1 aliphatic carbocycles. The number of rotatable bonds is 6. The first-order valence-corrected chi connectivity index (χ1v) is 8.14. The fraction of sp³-hybridized carbons (Fsp3) is 0.812. The Labute approximate surface area is 123 Å². The maximum Gasteiger partial charge on any atom is 0.0640 e. The molecule has 114 valence electrons. The predicted molar refractivity (Wildman–Crippen MR) is 83.2 cm³/mol. The molecule has 1 aliphatic rings. The molecule has 4 nitrogen and oxygen atoms in total. The van der Waals surface area contributed by atoms with Crippen LogP contribution in [0.3, 0.4) is 0 Å². The lowest BCUT2D eigenvalue weighted by Crippen LogP contribution is -2.44. The molecule has 1 heterocycles. The summed E-state index contributed by atoms with van der Waals surface area (Å²) in [6, 6.07) is 2.98. The Morgan fingerprint density at radius 3 is 2.95 bits per heavy atom. The van der Waals surface area contributed by atoms with Gasteiger partial charge in [0.2, 0.25) is 0 Å². The van der Waals surface area contributed by atoms with E-state index in [1.165, 1.54) is 25.7 Å². The van der Waals surface area contributed by atoms with Gasteiger partial charge >= 0.3 is 0 Å². The fourth-order valence-corrected chi connectivity index (χ4v) is 3.35. The Kier molecular flexibility index (Phi) is 5.61. The Morgan fingerprint density at radius 1 is 1.50 bits per heavy atom. The summed E-state index contributed by atoms with van der Waals surface area (Å²) < 4.78 is 2.08. The van der Waals surface area contributed by atoms with E-state index in [0.29, 0.717) is 18.0 Å². The van der Waals surface area contributed by atoms with Gasteiger partial charge in [-0.1, -0.05) is 26.7 Å². The lowest BCUT2D eigenvalue weighted by atomic mass is 9.77. The molecule has 0 saturated heterocycles. The monoisotopic (exact) mass is 278 g/mol. The van der Waals surface area contributed by atoms with Crippen molar-refractivity contribution in [3.05, 3.63) is 18.0 Å². The van der Waals surface area contributed by atoms with E-state index in [-0.39, 0.29) is 0 Å². The molecule has 2 rings (SSSR count). The summed E-state index contributed by atoms with van der Waals surface area (Å²) in [5, 5.41) is 4.70. The molecule has 0 aliphatic heterocycles. The highest BCUT2D eigenvalue weighted by Gasteiger charge is 2.26. The zero-order chi connectivity index (χ0) is 14.5. The van der Waals surface area contributed by atoms with Crippen molar-refractivity contribution >= 4 is 0 Å². The normalized spacial score (nSPS) is 26.4. The summed E-state index contributed by atoms with van der Waals surface area (Å²) in [6.07, 6.45) is 9.45. The van der Waals surface area contributed by atoms with Crippen molar-refractivity contribution in [1.29, 1.82) is 0 Å². The van der Waals surface area contributed by atoms with Crippen LogP contribution in [0.5, 0.6) is 0 Å². The second kappa shape index (κ2) is 7.23. The Bertz CT molecular complexity index is 401. The van der Waals surface area contributed by atoms with Gasteiger partial charge in [0.05, 0.1) is 5.69 Å². The number of hydrogen-bond donors (Lipinski definition) is 2. The summed E-state index contributed by atoms with van der Waals surface area (Å²) in [7, 11) is 0. The molecule has 0 radical (unpaired) electrons. The van der Waals surface area contributed by atoms with Crippen LogP contribution in [0.15, 0.2) is 12.3 Å². The van der Waals surface area contributed by atoms with Crippen LogP contribution < -0.4 is 11.3 Å². The number of hydrazine groups is 1. The summed E-state index contributed by atoms with van der Waals surface area (Å²) in [5.41, 5.74) is 4.20. The second-order valence-electron chi connectivity index (χ2n) is 6.55. The van der Waals surface area contributed by atoms with Crippen LogP contribution >= 0.6 is 0 Å². The first kappa shape index (κ1) is 15.5. The lowest BCUT2D eigenvalue weighted by molar-refractivity contribution is 0.221. The van der Waals surface area contributed by atoms with Crippen molar-refractivity contribution in [2.75, 3.05) is 0 Å². The molecule has 0 spiro atoms. The molecule has 0 aromatic carbocycles. The molecular weight excluding hydrogens is 248 g/mol. The third kappa shape index (κ3) is 3.83. The number of nitrogens with one attached hydrogen (secondary N) is 1. The van der Waals surface area contributed by atoms with E-state index in [1.807, 2.05) is 0 Å². The molecule has 3 N–H and O–H groups in total. The van der Waals surface area contributed by atoms with Gasteiger partial charge in [-0.15, -0.1) is 0 Å². The van der Waals surface area contributed by atoms with Crippen LogP contribution in [0.25, 0.3) is 0 Å². The molecule has 20 heavy (non-hydrogen) atoms. The Morgan fingerprint density at radius 2 is 2.30 bits per heavy atom. The van der Waals surface area contributed by atoms with E-state index in [4.69, 9.17) is 10.9 Å². The van der Waals surface area contributed by atoms with Gasteiger partial charge in [0.25, 0.3) is 0 Å². The van der Waals surface area contributed by atoms with Gasteiger partial charge in [0, 0.05) is 24.7 Å². The molecular formula is C16H30N4. The molecule has 4 heteroatoms. The molecule has 0 bridgehead atoms. The minimum absolute atomic E-state index is 0.359. The van der Waals surface area contributed by atoms with Gasteiger partial charge < -0.3 is 0 Å². The van der Waals surface area contributed by atoms with E-state index in [2.05, 4.69) is 43.1 Å². The van der Waals surface area contributed by atoms with Gasteiger partial charge in [-0.2, -0.15) is 5.10 Å². The number of nitrogens with two attached hydrogens (primary N) is 1. The summed E-state index contributed by atoms with van der Waals surface area (Å²) in [5.74, 6) is 7.33. The van der Waals surface area contributed by atoms with Gasteiger partial charge in [-0.25, -0.2) is 0 Å². The van der Waals surface area contributed by atoms with Crippen LogP contribution in [0.1, 0.15) is 64.6 Å². The molecule has 4 atom stereocenters. The largest absolute Gasteiger partial charge is 0.271 e. The quantitative estimate of drug-likeness (QED) is 0.621. The van der Waals surface area contributed by atoms with E-state index in [1.54, 1.807) is 0 Å². The molecule has 4 unspecified atom stereocenters. The highest BCUT2D eigenvalue weighted by atomic mass is 15.3. The maximum atomic E-state index is 5.81. The number of nitrogens with zero attached hydrogens (tertiary/aromatic N) is 2. The SMILES string of the molecule is CCC(C)n1ccc(CC(NN)C2CCCC(C)C2)n1. The summed E-state index contributed by atoms with van der Waals surface area (Å²) in [4.78, 5) is 0. The minimum atomic E-state index is 0.359. The van der Waals surface area contributed by atoms with Crippen LogP contribution in [-0.2, 0) is 6.42 Å². The average molecular weight is 278 g/mol. The fourth-order valence-electron chi connectivity index (χ4n) is 3.35. The highest BCUT2D eigenvalue weighted by molar-refractivity contribution is 5.03. The van der Waals surface area contributed by atoms with Crippen molar-refractivity contribution in [2.45, 2.75) is 71.4 Å². The van der Waals surface area contributed by atoms with Gasteiger partial charge in [-0.3, -0.25) is 16.0 Å². The minimum Gasteiger partial charge on any atom is -0.271 e. The average Bonchev–Trinajstić information content (AvgIpc) is 2.92. The highest BCUT2D eigenvalue weighted by Crippen LogP contribution is 2.31. The molecule has 1 aromatic rings. The first-order valence-electron chi connectivity index (χ1n) is 8.14. The second-order valence-corrected chi connectivity index (χ2v) is 6.55. The van der Waals surface area contributed by atoms with Crippen LogP contribution in [-0.4, -0.2) is 15.8 Å². The van der Waals surface area contributed by atoms with E-state index >= 15 is 0 Å². The number of aromatic nitrogens is 2. The molecule has 1 aromatic heterocycles. The smallest absolute Gasteiger partial charge is 0.0640 e. The van der Waals surface area contributed by atoms with Gasteiger partial charge in [-0.05, 0) is 44.1 Å². The molecule has 1 saturated carbocycles. The Hall–Kier alpha value is -0.870. The predicted octanol–water partition coefficient (Wildman–Crippen LogP) is 3.05. The lowest BCUT2D eigenvalue weighted by Gasteiger charge is -2.32. The van der Waals surface area contributed by atoms with Crippen LogP contribution in [0.4, 0.5) is 0 Å². The summed E-state index contributed by atoms with van der Waals surface area (Å²) >= 11 is 0. The van der Waals surface area contributed by atoms with Crippen LogP contribution in [0.2, 0.25) is 0 Å². The van der Waals surface area contributed by atoms with Crippen molar-refractivity contribution in [1.82, 2.24) is 15.2 Å². The zero-order valence-electron chi connectivity index (χ0n) is 13.2. The summed E-state index contributed by atoms with van der Waals surface area (Å²) in [6.45, 7) is 6.76. The van der Waals surface area contributed by atoms with E-state index in [9.17, 15) is 0 Å². The standard InChI is InChI=1S/C16H30N4/c1-4-13(3)20-9-8-15(19-20)11-16(18-17)14-7-5-6-12(2)10-14/h8-9,12-14,16,18H,4-7,10-11,17H2,1-3H3. The molecule has 1 fully saturated rings. The Balaban J connectivity index is 1.97.